The highest BCUT2D eigenvalue weighted by atomic mass is 32.1. The number of fused-ring (bicyclic) bond motifs is 1. The number of allylic oxidation sites excluding steroid dienone is 1. The van der Waals surface area contributed by atoms with E-state index in [1.807, 2.05) is 42.5 Å². The van der Waals surface area contributed by atoms with Crippen LogP contribution in [-0.2, 0) is 0 Å². The van der Waals surface area contributed by atoms with Crippen LogP contribution in [0, 0.1) is 0 Å². The Morgan fingerprint density at radius 1 is 1.00 bits per heavy atom. The van der Waals surface area contributed by atoms with Gasteiger partial charge in [0, 0.05) is 5.56 Å². The van der Waals surface area contributed by atoms with Gasteiger partial charge in [-0.25, -0.2) is 0 Å². The molecule has 0 aliphatic rings. The molecule has 0 atom stereocenters. The zero-order valence-electron chi connectivity index (χ0n) is 16.7. The van der Waals surface area contributed by atoms with Gasteiger partial charge in [0.1, 0.15) is 0 Å². The van der Waals surface area contributed by atoms with Crippen LogP contribution < -0.4 is 24.3 Å². The molecule has 0 saturated heterocycles. The molecule has 0 bridgehead atoms. The van der Waals surface area contributed by atoms with Crippen molar-refractivity contribution in [2.75, 3.05) is 21.3 Å². The second-order valence-corrected chi connectivity index (χ2v) is 7.26. The van der Waals surface area contributed by atoms with Gasteiger partial charge in [-0.2, -0.15) is 9.50 Å². The van der Waals surface area contributed by atoms with E-state index in [9.17, 15) is 4.79 Å². The van der Waals surface area contributed by atoms with Crippen LogP contribution in [0.4, 0.5) is 0 Å². The smallest absolute Gasteiger partial charge is 0.291 e. The monoisotopic (exact) mass is 421 g/mol. The van der Waals surface area contributed by atoms with E-state index in [1.54, 1.807) is 39.5 Å². The molecule has 0 aliphatic carbocycles. The van der Waals surface area contributed by atoms with Crippen LogP contribution in [0.5, 0.6) is 17.2 Å². The second-order valence-electron chi connectivity index (χ2n) is 6.25. The SMILES string of the molecule is COc1cc(-c2nc3s/c(=C/C=C/c4ccccc4)c(=O)n3n2)cc(OC)c1OC. The van der Waals surface area contributed by atoms with Crippen molar-refractivity contribution in [1.82, 2.24) is 14.6 Å². The summed E-state index contributed by atoms with van der Waals surface area (Å²) in [6.07, 6.45) is 5.56. The Balaban J connectivity index is 1.72. The minimum absolute atomic E-state index is 0.209. The molecule has 0 unspecified atom stereocenters. The Kier molecular flexibility index (Phi) is 5.49. The molecule has 2 heterocycles. The number of ether oxygens (including phenoxy) is 3. The molecule has 0 amide bonds. The lowest BCUT2D eigenvalue weighted by Crippen LogP contribution is -2.23. The summed E-state index contributed by atoms with van der Waals surface area (Å²) in [7, 11) is 4.63. The predicted octanol–water partition coefficient (Wildman–Crippen LogP) is 3.06. The molecule has 30 heavy (non-hydrogen) atoms. The maximum absolute atomic E-state index is 12.7. The van der Waals surface area contributed by atoms with Crippen LogP contribution in [0.3, 0.4) is 0 Å². The van der Waals surface area contributed by atoms with Crippen molar-refractivity contribution in [3.8, 4) is 28.6 Å². The normalized spacial score (nSPS) is 12.0. The number of thiazole rings is 1. The van der Waals surface area contributed by atoms with E-state index < -0.39 is 0 Å². The van der Waals surface area contributed by atoms with Crippen LogP contribution in [0.2, 0.25) is 0 Å². The molecule has 0 aliphatic heterocycles. The molecule has 0 spiro atoms. The number of hydrogen-bond acceptors (Lipinski definition) is 7. The van der Waals surface area contributed by atoms with Gasteiger partial charge in [0.15, 0.2) is 17.3 Å². The first kappa shape index (κ1) is 19.7. The van der Waals surface area contributed by atoms with Gasteiger partial charge in [-0.1, -0.05) is 53.8 Å². The molecule has 2 aromatic carbocycles. The molecular weight excluding hydrogens is 402 g/mol. The summed E-state index contributed by atoms with van der Waals surface area (Å²) in [5.74, 6) is 1.88. The zero-order valence-corrected chi connectivity index (χ0v) is 17.5. The van der Waals surface area contributed by atoms with Gasteiger partial charge in [-0.05, 0) is 23.8 Å². The Morgan fingerprint density at radius 3 is 2.30 bits per heavy atom. The van der Waals surface area contributed by atoms with E-state index >= 15 is 0 Å². The molecule has 0 fully saturated rings. The molecule has 4 aromatic rings. The standard InChI is InChI=1S/C22H19N3O4S/c1-27-16-12-15(13-17(28-2)19(16)29-3)20-23-22-25(24-20)21(26)18(30-22)11-7-10-14-8-5-4-6-9-14/h4-13H,1-3H3/b10-7+,18-11+. The number of benzene rings is 2. The maximum Gasteiger partial charge on any atom is 0.291 e. The third kappa shape index (κ3) is 3.65. The highest BCUT2D eigenvalue weighted by Gasteiger charge is 2.18. The topological polar surface area (TPSA) is 75.0 Å². The summed E-state index contributed by atoms with van der Waals surface area (Å²) in [5, 5.41) is 4.38. The first-order chi connectivity index (χ1) is 14.6. The van der Waals surface area contributed by atoms with Gasteiger partial charge in [0.25, 0.3) is 5.56 Å². The first-order valence-electron chi connectivity index (χ1n) is 9.08. The fourth-order valence-electron chi connectivity index (χ4n) is 2.99. The number of rotatable bonds is 6. The molecule has 7 nitrogen and oxygen atoms in total. The van der Waals surface area contributed by atoms with E-state index in [0.29, 0.717) is 38.1 Å². The summed E-state index contributed by atoms with van der Waals surface area (Å²) >= 11 is 1.28. The predicted molar refractivity (Wildman–Crippen MR) is 117 cm³/mol. The lowest BCUT2D eigenvalue weighted by atomic mass is 10.1. The average Bonchev–Trinajstić information content (AvgIpc) is 3.33. The fraction of sp³-hybridized carbons (Fsp3) is 0.136. The molecule has 8 heteroatoms. The quantitative estimate of drug-likeness (QED) is 0.476. The highest BCUT2D eigenvalue weighted by Crippen LogP contribution is 2.40. The number of nitrogens with zero attached hydrogens (tertiary/aromatic N) is 3. The van der Waals surface area contributed by atoms with Crippen molar-refractivity contribution in [1.29, 1.82) is 0 Å². The fourth-order valence-corrected chi connectivity index (χ4v) is 3.85. The highest BCUT2D eigenvalue weighted by molar-refractivity contribution is 7.15. The van der Waals surface area contributed by atoms with Crippen molar-refractivity contribution >= 4 is 28.4 Å². The summed E-state index contributed by atoms with van der Waals surface area (Å²) in [6.45, 7) is 0. The third-order valence-corrected chi connectivity index (χ3v) is 5.42. The van der Waals surface area contributed by atoms with Gasteiger partial charge in [0.2, 0.25) is 10.7 Å². The number of methoxy groups -OCH3 is 3. The van der Waals surface area contributed by atoms with Gasteiger partial charge >= 0.3 is 0 Å². The minimum Gasteiger partial charge on any atom is -0.493 e. The molecule has 152 valence electrons. The maximum atomic E-state index is 12.7. The van der Waals surface area contributed by atoms with Crippen molar-refractivity contribution in [3.05, 3.63) is 69.0 Å². The number of aromatic nitrogens is 3. The van der Waals surface area contributed by atoms with E-state index in [0.717, 1.165) is 5.56 Å². The average molecular weight is 421 g/mol. The summed E-state index contributed by atoms with van der Waals surface area (Å²) in [5.41, 5.74) is 1.51. The molecule has 0 N–H and O–H groups in total. The van der Waals surface area contributed by atoms with Crippen molar-refractivity contribution in [3.63, 3.8) is 0 Å². The molecule has 2 aromatic heterocycles. The minimum atomic E-state index is -0.209. The second kappa shape index (κ2) is 8.38. The molecular formula is C22H19N3O4S. The van der Waals surface area contributed by atoms with Crippen LogP contribution >= 0.6 is 11.3 Å². The van der Waals surface area contributed by atoms with Gasteiger partial charge in [-0.15, -0.1) is 5.10 Å². The third-order valence-electron chi connectivity index (χ3n) is 4.44. The lowest BCUT2D eigenvalue weighted by Gasteiger charge is -2.12. The Bertz CT molecular complexity index is 1300. The summed E-state index contributed by atoms with van der Waals surface area (Å²) < 4.78 is 18.0. The summed E-state index contributed by atoms with van der Waals surface area (Å²) in [4.78, 5) is 17.7. The first-order valence-corrected chi connectivity index (χ1v) is 9.89. The van der Waals surface area contributed by atoms with Crippen LogP contribution in [-0.4, -0.2) is 35.9 Å². The van der Waals surface area contributed by atoms with Crippen LogP contribution in [0.15, 0.2) is 53.3 Å². The zero-order chi connectivity index (χ0) is 21.1. The Labute approximate surface area is 176 Å². The van der Waals surface area contributed by atoms with Crippen LogP contribution in [0.25, 0.3) is 28.5 Å². The molecule has 0 radical (unpaired) electrons. The van der Waals surface area contributed by atoms with Gasteiger partial charge < -0.3 is 14.2 Å². The van der Waals surface area contributed by atoms with Crippen LogP contribution in [0.1, 0.15) is 5.56 Å². The largest absolute Gasteiger partial charge is 0.493 e. The van der Waals surface area contributed by atoms with E-state index in [-0.39, 0.29) is 5.56 Å². The molecule has 4 rings (SSSR count). The summed E-state index contributed by atoms with van der Waals surface area (Å²) in [6, 6.07) is 13.4. The van der Waals surface area contributed by atoms with Crippen molar-refractivity contribution < 1.29 is 14.2 Å². The van der Waals surface area contributed by atoms with Gasteiger partial charge in [-0.3, -0.25) is 4.79 Å². The molecule has 0 saturated carbocycles. The van der Waals surface area contributed by atoms with Gasteiger partial charge in [0.05, 0.1) is 25.9 Å². The Hall–Kier alpha value is -3.65. The van der Waals surface area contributed by atoms with E-state index in [2.05, 4.69) is 10.1 Å². The van der Waals surface area contributed by atoms with E-state index in [4.69, 9.17) is 14.2 Å². The lowest BCUT2D eigenvalue weighted by molar-refractivity contribution is 0.324. The number of hydrogen-bond donors (Lipinski definition) is 0. The van der Waals surface area contributed by atoms with E-state index in [1.165, 1.54) is 15.9 Å². The Morgan fingerprint density at radius 2 is 1.70 bits per heavy atom. The van der Waals surface area contributed by atoms with Crippen molar-refractivity contribution in [2.24, 2.45) is 0 Å². The van der Waals surface area contributed by atoms with Crippen molar-refractivity contribution in [2.45, 2.75) is 0 Å².